The van der Waals surface area contributed by atoms with Gasteiger partial charge in [0.25, 0.3) is 5.91 Å². The number of aromatic carboxylic acids is 1. The fourth-order valence-corrected chi connectivity index (χ4v) is 6.03. The number of allylic oxidation sites excluding steroid dienone is 5. The van der Waals surface area contributed by atoms with Gasteiger partial charge >= 0.3 is 5.97 Å². The largest absolute Gasteiger partial charge is 0.478 e. The Labute approximate surface area is 256 Å². The average molecular weight is 583 g/mol. The van der Waals surface area contributed by atoms with Crippen molar-refractivity contribution in [1.29, 1.82) is 0 Å². The number of piperazine rings is 1. The fourth-order valence-electron chi connectivity index (χ4n) is 6.03. The van der Waals surface area contributed by atoms with Gasteiger partial charge in [-0.15, -0.1) is 0 Å². The topological polar surface area (TPSA) is 78.7 Å². The van der Waals surface area contributed by atoms with Crippen LogP contribution in [-0.2, 0) is 17.8 Å². The minimum Gasteiger partial charge on any atom is -0.478 e. The number of carbonyl (C=O) groups is 2. The van der Waals surface area contributed by atoms with Crippen LogP contribution in [0.4, 0.5) is 5.69 Å². The summed E-state index contributed by atoms with van der Waals surface area (Å²) in [6.07, 6.45) is 18.7. The average Bonchev–Trinajstić information content (AvgIpc) is 3.30. The van der Waals surface area contributed by atoms with Crippen molar-refractivity contribution in [3.63, 3.8) is 0 Å². The van der Waals surface area contributed by atoms with E-state index in [2.05, 4.69) is 60.4 Å². The van der Waals surface area contributed by atoms with E-state index in [0.29, 0.717) is 32.0 Å². The van der Waals surface area contributed by atoms with Gasteiger partial charge in [-0.3, -0.25) is 9.78 Å². The number of carboxylic acid groups (broad SMARTS) is 1. The molecule has 1 amide bonds. The maximum Gasteiger partial charge on any atom is 0.335 e. The molecule has 4 heterocycles. The van der Waals surface area contributed by atoms with Crippen molar-refractivity contribution in [2.45, 2.75) is 72.3 Å². The Kier molecular flexibility index (Phi) is 11.4. The second-order valence-corrected chi connectivity index (χ2v) is 11.4. The molecular formula is C36H46N4O3. The van der Waals surface area contributed by atoms with Crippen LogP contribution in [0.5, 0.6) is 0 Å². The smallest absolute Gasteiger partial charge is 0.335 e. The van der Waals surface area contributed by atoms with Crippen LogP contribution < -0.4 is 4.90 Å². The summed E-state index contributed by atoms with van der Waals surface area (Å²) in [5, 5.41) is 10.9. The lowest BCUT2D eigenvalue weighted by Crippen LogP contribution is -2.49. The third-order valence-electron chi connectivity index (χ3n) is 8.07. The second-order valence-electron chi connectivity index (χ2n) is 11.4. The van der Waals surface area contributed by atoms with Gasteiger partial charge in [-0.05, 0) is 48.6 Å². The Morgan fingerprint density at radius 2 is 1.67 bits per heavy atom. The lowest BCUT2D eigenvalue weighted by atomic mass is 9.92. The Morgan fingerprint density at radius 3 is 2.35 bits per heavy atom. The first kappa shape index (κ1) is 31.8. The lowest BCUT2D eigenvalue weighted by molar-refractivity contribution is -0.127. The predicted octanol–water partition coefficient (Wildman–Crippen LogP) is 7.39. The van der Waals surface area contributed by atoms with Crippen molar-refractivity contribution in [2.24, 2.45) is 0 Å². The Morgan fingerprint density at radius 1 is 0.977 bits per heavy atom. The number of nitrogens with zero attached hydrogens (tertiary/aromatic N) is 4. The van der Waals surface area contributed by atoms with Crippen molar-refractivity contribution in [1.82, 2.24) is 14.5 Å². The summed E-state index contributed by atoms with van der Waals surface area (Å²) in [5.41, 5.74) is 5.44. The van der Waals surface area contributed by atoms with Crippen molar-refractivity contribution < 1.29 is 14.7 Å². The van der Waals surface area contributed by atoms with Gasteiger partial charge < -0.3 is 19.5 Å². The van der Waals surface area contributed by atoms with Crippen LogP contribution in [0.2, 0.25) is 0 Å². The predicted molar refractivity (Wildman–Crippen MR) is 176 cm³/mol. The van der Waals surface area contributed by atoms with E-state index in [1.54, 1.807) is 24.5 Å². The van der Waals surface area contributed by atoms with Crippen LogP contribution in [0.1, 0.15) is 80.9 Å². The molecule has 0 radical (unpaired) electrons. The number of amides is 1. The van der Waals surface area contributed by atoms with Crippen LogP contribution >= 0.6 is 0 Å². The molecule has 1 unspecified atom stereocenters. The standard InChI is InChI=1S/C33H38N4O3.C3H8/c1-3-9-24(2)31-28-13-12-25(33(39)40)22-30(28)37-23-26(10-7-5-4-6-8-11-29(31)37)32(38)36-20-18-35(19-21-36)27-14-16-34-17-15-27;1-3-2/h4-6,8,10,12-17,22,24H,3,7,9,11,18-21,23H2,1-2H3,(H,39,40);3H2,1-2H3/b5-4-,8-6-,26-10+;. The van der Waals surface area contributed by atoms with Gasteiger partial charge in [-0.1, -0.05) is 77.0 Å². The molecule has 1 aromatic carbocycles. The zero-order valence-corrected chi connectivity index (χ0v) is 26.1. The Bertz CT molecular complexity index is 1480. The van der Waals surface area contributed by atoms with Gasteiger partial charge in [0.15, 0.2) is 0 Å². The third-order valence-corrected chi connectivity index (χ3v) is 8.07. The zero-order valence-electron chi connectivity index (χ0n) is 26.1. The maximum absolute atomic E-state index is 14.0. The molecule has 2 aromatic heterocycles. The van der Waals surface area contributed by atoms with Crippen molar-refractivity contribution in [3.8, 4) is 0 Å². The summed E-state index contributed by atoms with van der Waals surface area (Å²) in [6.45, 7) is 12.0. The first-order valence-corrected chi connectivity index (χ1v) is 15.7. The second kappa shape index (κ2) is 15.4. The van der Waals surface area contributed by atoms with E-state index in [0.717, 1.165) is 60.2 Å². The molecule has 7 heteroatoms. The highest BCUT2D eigenvalue weighted by Gasteiger charge is 2.27. The van der Waals surface area contributed by atoms with E-state index in [1.165, 1.54) is 12.0 Å². The molecule has 1 atom stereocenters. The van der Waals surface area contributed by atoms with Crippen molar-refractivity contribution in [3.05, 3.63) is 95.5 Å². The lowest BCUT2D eigenvalue weighted by Gasteiger charge is -2.36. The van der Waals surface area contributed by atoms with Crippen molar-refractivity contribution >= 4 is 28.5 Å². The van der Waals surface area contributed by atoms with E-state index in [4.69, 9.17) is 0 Å². The number of pyridine rings is 1. The molecule has 0 saturated carbocycles. The quantitative estimate of drug-likeness (QED) is 0.328. The molecule has 43 heavy (non-hydrogen) atoms. The Balaban J connectivity index is 0.00000135. The number of hydrogen-bond donors (Lipinski definition) is 1. The third kappa shape index (κ3) is 7.64. The van der Waals surface area contributed by atoms with Crippen molar-refractivity contribution in [2.75, 3.05) is 31.1 Å². The molecule has 3 aromatic rings. The normalized spacial score (nSPS) is 18.7. The van der Waals surface area contributed by atoms with Gasteiger partial charge in [-0.2, -0.15) is 0 Å². The van der Waals surface area contributed by atoms with Crippen LogP contribution in [0, 0.1) is 0 Å². The van der Waals surface area contributed by atoms with Crippen LogP contribution in [0.3, 0.4) is 0 Å². The molecule has 1 saturated heterocycles. The van der Waals surface area contributed by atoms with Crippen LogP contribution in [-0.4, -0.2) is 57.6 Å². The molecule has 5 rings (SSSR count). The molecule has 2 aliphatic rings. The summed E-state index contributed by atoms with van der Waals surface area (Å²) in [6, 6.07) is 9.45. The first-order valence-electron chi connectivity index (χ1n) is 15.7. The monoisotopic (exact) mass is 582 g/mol. The molecule has 0 aliphatic carbocycles. The van der Waals surface area contributed by atoms with Gasteiger partial charge in [-0.25, -0.2) is 4.79 Å². The van der Waals surface area contributed by atoms with E-state index in [9.17, 15) is 14.7 Å². The fraction of sp³-hybridized carbons (Fsp3) is 0.417. The minimum absolute atomic E-state index is 0.0559. The number of anilines is 1. The summed E-state index contributed by atoms with van der Waals surface area (Å²) < 4.78 is 2.20. The number of carboxylic acids is 1. The van der Waals surface area contributed by atoms with E-state index in [-0.39, 0.29) is 11.5 Å². The number of carbonyl (C=O) groups excluding carboxylic acids is 1. The van der Waals surface area contributed by atoms with Gasteiger partial charge in [0.05, 0.1) is 12.1 Å². The molecular weight excluding hydrogens is 536 g/mol. The maximum atomic E-state index is 14.0. The number of fused-ring (bicyclic) bond motifs is 3. The zero-order chi connectivity index (χ0) is 30.8. The number of hydrogen-bond acceptors (Lipinski definition) is 4. The molecule has 1 fully saturated rings. The molecule has 7 nitrogen and oxygen atoms in total. The highest BCUT2D eigenvalue weighted by Crippen LogP contribution is 2.36. The Hall–Kier alpha value is -4.13. The molecule has 0 bridgehead atoms. The first-order chi connectivity index (χ1) is 20.9. The van der Waals surface area contributed by atoms with Crippen LogP contribution in [0.15, 0.2) is 78.7 Å². The SMILES string of the molecule is CCC.CCCC(C)c1c2n(c3cc(C(=O)O)ccc13)C/C(C(=O)N1CCN(c3ccncc3)CC1)=C\C/C=C\C=C/C2. The number of benzene rings is 1. The molecule has 0 spiro atoms. The summed E-state index contributed by atoms with van der Waals surface area (Å²) in [5.74, 6) is -0.571. The molecule has 228 valence electrons. The number of aromatic nitrogens is 2. The summed E-state index contributed by atoms with van der Waals surface area (Å²) in [7, 11) is 0. The van der Waals surface area contributed by atoms with E-state index in [1.807, 2.05) is 35.3 Å². The van der Waals surface area contributed by atoms with Crippen LogP contribution in [0.25, 0.3) is 10.9 Å². The highest BCUT2D eigenvalue weighted by molar-refractivity contribution is 5.97. The molecule has 2 aliphatic heterocycles. The summed E-state index contributed by atoms with van der Waals surface area (Å²) >= 11 is 0. The molecule has 1 N–H and O–H groups in total. The van der Waals surface area contributed by atoms with Gasteiger partial charge in [0.2, 0.25) is 0 Å². The van der Waals surface area contributed by atoms with E-state index >= 15 is 0 Å². The van der Waals surface area contributed by atoms with Gasteiger partial charge in [0.1, 0.15) is 0 Å². The minimum atomic E-state index is -0.944. The number of rotatable bonds is 6. The highest BCUT2D eigenvalue weighted by atomic mass is 16.4. The summed E-state index contributed by atoms with van der Waals surface area (Å²) in [4.78, 5) is 34.3. The van der Waals surface area contributed by atoms with E-state index < -0.39 is 5.97 Å². The van der Waals surface area contributed by atoms with Gasteiger partial charge in [0, 0.05) is 72.9 Å².